The second-order valence-electron chi connectivity index (χ2n) is 10.2. The fraction of sp³-hybridized carbons (Fsp3) is 0.690. The number of thiazole rings is 1. The summed E-state index contributed by atoms with van der Waals surface area (Å²) in [5, 5.41) is 3.99. The highest BCUT2D eigenvalue weighted by Gasteiger charge is 2.50. The summed E-state index contributed by atoms with van der Waals surface area (Å²) in [6.07, 6.45) is 7.01. The van der Waals surface area contributed by atoms with Crippen LogP contribution in [0.5, 0.6) is 5.75 Å². The number of carbonyl (C=O) groups excluding carboxylic acids is 2. The van der Waals surface area contributed by atoms with E-state index in [0.717, 1.165) is 59.5 Å². The number of nitrogens with one attached hydrogen (secondary N) is 1. The number of fused-ring (bicyclic) bond motifs is 3. The average Bonchev–Trinajstić information content (AvgIpc) is 3.68. The monoisotopic (exact) mass is 531 g/mol. The van der Waals surface area contributed by atoms with Crippen molar-refractivity contribution in [3.63, 3.8) is 0 Å². The Morgan fingerprint density at radius 2 is 1.86 bits per heavy atom. The van der Waals surface area contributed by atoms with Crippen molar-refractivity contribution in [3.8, 4) is 5.75 Å². The summed E-state index contributed by atoms with van der Waals surface area (Å²) >= 11 is 1.47. The molecule has 8 heteroatoms. The first-order chi connectivity index (χ1) is 17.9. The van der Waals surface area contributed by atoms with Crippen molar-refractivity contribution >= 4 is 33.4 Å². The molecular weight excluding hydrogens is 486 g/mol. The number of benzene rings is 1. The highest BCUT2D eigenvalue weighted by molar-refractivity contribution is 7.19. The Hall–Kier alpha value is -2.19. The third kappa shape index (κ3) is 6.45. The molecule has 1 aliphatic heterocycles. The second kappa shape index (κ2) is 13.6. The zero-order valence-corrected chi connectivity index (χ0v) is 24.2. The molecule has 0 radical (unpaired) electrons. The number of primary amides is 1. The van der Waals surface area contributed by atoms with Crippen LogP contribution in [0.25, 0.3) is 10.2 Å². The van der Waals surface area contributed by atoms with Crippen molar-refractivity contribution in [2.45, 2.75) is 79.2 Å². The molecule has 1 aromatic carbocycles. The maximum Gasteiger partial charge on any atom is 0.256 e. The average molecular weight is 532 g/mol. The predicted molar refractivity (Wildman–Crippen MR) is 150 cm³/mol. The molecule has 2 amide bonds. The summed E-state index contributed by atoms with van der Waals surface area (Å²) in [6, 6.07) is 3.44. The number of nitrogens with two attached hydrogens (primary N) is 1. The van der Waals surface area contributed by atoms with Crippen LogP contribution >= 0.6 is 11.3 Å². The van der Waals surface area contributed by atoms with Crippen LogP contribution in [0.2, 0.25) is 0 Å². The number of hydrogen-bond donors (Lipinski definition) is 2. The molecule has 2 heterocycles. The Morgan fingerprint density at radius 1 is 1.16 bits per heavy atom. The number of aryl methyl sites for hydroxylation is 1. The number of amides is 2. The lowest BCUT2D eigenvalue weighted by Crippen LogP contribution is -2.48. The number of rotatable bonds is 7. The Labute approximate surface area is 225 Å². The lowest BCUT2D eigenvalue weighted by atomic mass is 9.84. The van der Waals surface area contributed by atoms with Gasteiger partial charge in [0.1, 0.15) is 11.3 Å². The van der Waals surface area contributed by atoms with Crippen LogP contribution in [-0.2, 0) is 9.53 Å². The topological polar surface area (TPSA) is 104 Å². The number of hydrogen-bond acceptors (Lipinski definition) is 6. The largest absolute Gasteiger partial charge is 0.496 e. The summed E-state index contributed by atoms with van der Waals surface area (Å²) in [7, 11) is 1.55. The van der Waals surface area contributed by atoms with Crippen molar-refractivity contribution in [1.82, 2.24) is 10.3 Å². The number of ether oxygens (including phenoxy) is 2. The fourth-order valence-corrected chi connectivity index (χ4v) is 7.34. The van der Waals surface area contributed by atoms with Crippen LogP contribution in [0.3, 0.4) is 0 Å². The number of nitrogens with zero attached hydrogens (tertiary/aromatic N) is 1. The summed E-state index contributed by atoms with van der Waals surface area (Å²) in [5.41, 5.74) is 6.90. The van der Waals surface area contributed by atoms with Crippen LogP contribution < -0.4 is 15.8 Å². The molecule has 3 fully saturated rings. The summed E-state index contributed by atoms with van der Waals surface area (Å²) < 4.78 is 11.6. The van der Waals surface area contributed by atoms with Gasteiger partial charge in [0, 0.05) is 19.3 Å². The van der Waals surface area contributed by atoms with Crippen LogP contribution in [0.1, 0.15) is 81.6 Å². The van der Waals surface area contributed by atoms with Gasteiger partial charge < -0.3 is 20.5 Å². The van der Waals surface area contributed by atoms with Crippen molar-refractivity contribution in [2.24, 2.45) is 35.3 Å². The first kappa shape index (κ1) is 29.4. The molecule has 5 rings (SSSR count). The van der Waals surface area contributed by atoms with Gasteiger partial charge in [0.05, 0.1) is 28.3 Å². The molecule has 2 aliphatic carbocycles. The maximum atomic E-state index is 13.1. The molecule has 0 spiro atoms. The standard InChI is InChI=1S/C18H21N3O3S.C9H18O.C2H6/c1-8-20-11-5-6-12(24-2)14(16(11)25-8)18(23)21-15-10-4-3-9(7-10)13(15)17(19)22;1-3-5-9-7-10-6-8(9)4-2;1-2/h5-6,9-10,13,15H,3-4,7H2,1-2H3,(H2,19,22)(H,21,23);8-9H,3-7H2,1-2H3;1-2H3. The molecule has 2 aromatic rings. The summed E-state index contributed by atoms with van der Waals surface area (Å²) in [4.78, 5) is 29.4. The molecule has 1 saturated heterocycles. The van der Waals surface area contributed by atoms with Gasteiger partial charge in [0.2, 0.25) is 5.91 Å². The Morgan fingerprint density at radius 3 is 2.51 bits per heavy atom. The highest BCUT2D eigenvalue weighted by atomic mass is 32.1. The Kier molecular flexibility index (Phi) is 10.8. The predicted octanol–water partition coefficient (Wildman–Crippen LogP) is 5.73. The van der Waals surface area contributed by atoms with Gasteiger partial charge in [0.25, 0.3) is 5.91 Å². The van der Waals surface area contributed by atoms with Gasteiger partial charge in [-0.05, 0) is 68.4 Å². The molecule has 2 bridgehead atoms. The van der Waals surface area contributed by atoms with E-state index in [4.69, 9.17) is 15.2 Å². The lowest BCUT2D eigenvalue weighted by Gasteiger charge is -2.29. The van der Waals surface area contributed by atoms with Crippen molar-refractivity contribution in [1.29, 1.82) is 0 Å². The number of carbonyl (C=O) groups is 2. The van der Waals surface area contributed by atoms with Gasteiger partial charge in [0.15, 0.2) is 0 Å². The Balaban J connectivity index is 0.000000266. The fourth-order valence-electron chi connectivity index (χ4n) is 6.39. The van der Waals surface area contributed by atoms with E-state index in [1.165, 1.54) is 30.6 Å². The first-order valence-electron chi connectivity index (χ1n) is 14.0. The van der Waals surface area contributed by atoms with Crippen LogP contribution in [0.15, 0.2) is 12.1 Å². The van der Waals surface area contributed by atoms with Crippen molar-refractivity contribution in [3.05, 3.63) is 22.7 Å². The number of methoxy groups -OCH3 is 1. The summed E-state index contributed by atoms with van der Waals surface area (Å²) in [5.74, 6) is 2.10. The lowest BCUT2D eigenvalue weighted by molar-refractivity contribution is -0.124. The van der Waals surface area contributed by atoms with E-state index in [-0.39, 0.29) is 23.8 Å². The molecular formula is C29H45N3O4S. The Bertz CT molecular complexity index is 1060. The maximum absolute atomic E-state index is 13.1. The highest BCUT2D eigenvalue weighted by Crippen LogP contribution is 2.48. The van der Waals surface area contributed by atoms with E-state index in [9.17, 15) is 9.59 Å². The van der Waals surface area contributed by atoms with Crippen molar-refractivity contribution < 1.29 is 19.1 Å². The van der Waals surface area contributed by atoms with E-state index in [0.29, 0.717) is 23.1 Å². The molecule has 37 heavy (non-hydrogen) atoms. The molecule has 2 saturated carbocycles. The quantitative estimate of drug-likeness (QED) is 0.475. The van der Waals surface area contributed by atoms with Gasteiger partial charge in [-0.2, -0.15) is 0 Å². The van der Waals surface area contributed by atoms with E-state index in [2.05, 4.69) is 24.1 Å². The van der Waals surface area contributed by atoms with Crippen LogP contribution in [0.4, 0.5) is 0 Å². The van der Waals surface area contributed by atoms with Gasteiger partial charge in [-0.3, -0.25) is 9.59 Å². The molecule has 3 aliphatic rings. The van der Waals surface area contributed by atoms with Gasteiger partial charge >= 0.3 is 0 Å². The molecule has 6 atom stereocenters. The van der Waals surface area contributed by atoms with Crippen LogP contribution in [0, 0.1) is 36.5 Å². The summed E-state index contributed by atoms with van der Waals surface area (Å²) in [6.45, 7) is 12.5. The molecule has 7 nitrogen and oxygen atoms in total. The molecule has 3 N–H and O–H groups in total. The van der Waals surface area contributed by atoms with E-state index >= 15 is 0 Å². The van der Waals surface area contributed by atoms with Gasteiger partial charge in [-0.25, -0.2) is 4.98 Å². The third-order valence-corrected chi connectivity index (χ3v) is 9.13. The number of aromatic nitrogens is 1. The van der Waals surface area contributed by atoms with E-state index in [1.807, 2.05) is 26.8 Å². The van der Waals surface area contributed by atoms with Crippen molar-refractivity contribution in [2.75, 3.05) is 20.3 Å². The van der Waals surface area contributed by atoms with Gasteiger partial charge in [-0.15, -0.1) is 11.3 Å². The molecule has 1 aromatic heterocycles. The second-order valence-corrected chi connectivity index (χ2v) is 11.4. The zero-order chi connectivity index (χ0) is 27.1. The zero-order valence-electron chi connectivity index (χ0n) is 23.3. The SMILES string of the molecule is CC.CCCC1COCC1CC.COc1ccc2nc(C)sc2c1C(=O)NC1C2CCC(C2)C1C(N)=O. The third-order valence-electron chi connectivity index (χ3n) is 8.13. The molecule has 6 unspecified atom stereocenters. The van der Waals surface area contributed by atoms with E-state index < -0.39 is 0 Å². The van der Waals surface area contributed by atoms with E-state index in [1.54, 1.807) is 13.2 Å². The van der Waals surface area contributed by atoms with Gasteiger partial charge in [-0.1, -0.05) is 40.5 Å². The first-order valence-corrected chi connectivity index (χ1v) is 14.8. The molecule has 206 valence electrons. The normalized spacial score (nSPS) is 27.7. The minimum Gasteiger partial charge on any atom is -0.496 e. The minimum absolute atomic E-state index is 0.183. The van der Waals surface area contributed by atoms with Crippen LogP contribution in [-0.4, -0.2) is 43.2 Å². The smallest absolute Gasteiger partial charge is 0.256 e. The minimum atomic E-state index is -0.309.